The molecule has 0 aromatic carbocycles. The lowest BCUT2D eigenvalue weighted by Crippen LogP contribution is -2.42. The molecule has 15 heavy (non-hydrogen) atoms. The first-order valence-electron chi connectivity index (χ1n) is 5.56. The van der Waals surface area contributed by atoms with Gasteiger partial charge in [0.15, 0.2) is 0 Å². The van der Waals surface area contributed by atoms with Crippen LogP contribution in [0.25, 0.3) is 0 Å². The standard InChI is InChI=1S/C10H21NO2S2/c1-3-15(12,13)11-9-10(14-2)7-5-4-6-8-10/h11H,3-9H2,1-2H3. The van der Waals surface area contributed by atoms with Gasteiger partial charge in [-0.05, 0) is 26.0 Å². The molecule has 0 aromatic rings. The van der Waals surface area contributed by atoms with Gasteiger partial charge in [0.25, 0.3) is 0 Å². The highest BCUT2D eigenvalue weighted by molar-refractivity contribution is 8.00. The third-order valence-electron chi connectivity index (χ3n) is 3.19. The summed E-state index contributed by atoms with van der Waals surface area (Å²) >= 11 is 1.82. The second kappa shape index (κ2) is 5.55. The third-order valence-corrected chi connectivity index (χ3v) is 5.95. The second-order valence-electron chi connectivity index (χ2n) is 4.17. The van der Waals surface area contributed by atoms with Gasteiger partial charge in [0.1, 0.15) is 0 Å². The van der Waals surface area contributed by atoms with Crippen LogP contribution in [0.4, 0.5) is 0 Å². The Hall–Kier alpha value is 0.260. The Morgan fingerprint density at radius 2 is 1.87 bits per heavy atom. The van der Waals surface area contributed by atoms with Gasteiger partial charge in [0.2, 0.25) is 10.0 Å². The first-order chi connectivity index (χ1) is 7.04. The van der Waals surface area contributed by atoms with E-state index in [0.29, 0.717) is 6.54 Å². The average Bonchev–Trinajstić information content (AvgIpc) is 2.28. The summed E-state index contributed by atoms with van der Waals surface area (Å²) in [4.78, 5) is 0. The predicted molar refractivity (Wildman–Crippen MR) is 66.8 cm³/mol. The van der Waals surface area contributed by atoms with E-state index in [1.54, 1.807) is 6.92 Å². The molecule has 0 saturated heterocycles. The van der Waals surface area contributed by atoms with Gasteiger partial charge in [-0.3, -0.25) is 0 Å². The highest BCUT2D eigenvalue weighted by Crippen LogP contribution is 2.38. The normalized spacial score (nSPS) is 21.5. The first kappa shape index (κ1) is 13.3. The monoisotopic (exact) mass is 251 g/mol. The molecule has 1 saturated carbocycles. The number of rotatable bonds is 5. The van der Waals surface area contributed by atoms with E-state index < -0.39 is 10.0 Å². The maximum atomic E-state index is 11.4. The maximum Gasteiger partial charge on any atom is 0.211 e. The van der Waals surface area contributed by atoms with Crippen LogP contribution in [-0.2, 0) is 10.0 Å². The van der Waals surface area contributed by atoms with Crippen LogP contribution in [0.2, 0.25) is 0 Å². The van der Waals surface area contributed by atoms with Crippen molar-refractivity contribution in [1.82, 2.24) is 4.72 Å². The Kier molecular flexibility index (Phi) is 4.93. The number of thioether (sulfide) groups is 1. The summed E-state index contributed by atoms with van der Waals surface area (Å²) in [6.45, 7) is 2.28. The van der Waals surface area contributed by atoms with Crippen LogP contribution in [0.3, 0.4) is 0 Å². The molecule has 0 bridgehead atoms. The lowest BCUT2D eigenvalue weighted by Gasteiger charge is -2.35. The van der Waals surface area contributed by atoms with Crippen LogP contribution in [0, 0.1) is 0 Å². The first-order valence-corrected chi connectivity index (χ1v) is 8.44. The van der Waals surface area contributed by atoms with Crippen molar-refractivity contribution >= 4 is 21.8 Å². The lowest BCUT2D eigenvalue weighted by atomic mass is 9.88. The number of nitrogens with one attached hydrogen (secondary N) is 1. The zero-order valence-corrected chi connectivity index (χ0v) is 11.2. The largest absolute Gasteiger partial charge is 0.214 e. The van der Waals surface area contributed by atoms with Gasteiger partial charge in [-0.2, -0.15) is 11.8 Å². The van der Waals surface area contributed by atoms with Gasteiger partial charge in [-0.1, -0.05) is 19.3 Å². The molecule has 0 heterocycles. The predicted octanol–water partition coefficient (Wildman–Crippen LogP) is 1.99. The molecular formula is C10H21NO2S2. The number of hydrogen-bond acceptors (Lipinski definition) is 3. The Bertz CT molecular complexity index is 282. The maximum absolute atomic E-state index is 11.4. The highest BCUT2D eigenvalue weighted by atomic mass is 32.2. The van der Waals surface area contributed by atoms with Gasteiger partial charge in [0, 0.05) is 11.3 Å². The van der Waals surface area contributed by atoms with E-state index in [4.69, 9.17) is 0 Å². The summed E-state index contributed by atoms with van der Waals surface area (Å²) in [5, 5.41) is 0. The Labute approximate surface area is 97.5 Å². The van der Waals surface area contributed by atoms with E-state index in [1.165, 1.54) is 19.3 Å². The summed E-state index contributed by atoms with van der Waals surface area (Å²) in [7, 11) is -3.03. The van der Waals surface area contributed by atoms with E-state index in [9.17, 15) is 8.42 Å². The summed E-state index contributed by atoms with van der Waals surface area (Å²) in [5.41, 5.74) is 0. The van der Waals surface area contributed by atoms with Crippen LogP contribution in [0.1, 0.15) is 39.0 Å². The molecule has 3 nitrogen and oxygen atoms in total. The third kappa shape index (κ3) is 3.96. The Balaban J connectivity index is 2.53. The molecule has 0 radical (unpaired) electrons. The van der Waals surface area contributed by atoms with E-state index in [-0.39, 0.29) is 10.5 Å². The molecule has 0 spiro atoms. The molecule has 0 amide bonds. The topological polar surface area (TPSA) is 46.2 Å². The zero-order valence-electron chi connectivity index (χ0n) is 9.58. The molecule has 0 aliphatic heterocycles. The lowest BCUT2D eigenvalue weighted by molar-refractivity contribution is 0.395. The van der Waals surface area contributed by atoms with E-state index in [1.807, 2.05) is 11.8 Å². The minimum absolute atomic E-state index is 0.153. The minimum atomic E-state index is -3.03. The van der Waals surface area contributed by atoms with Crippen LogP contribution in [0.15, 0.2) is 0 Å². The van der Waals surface area contributed by atoms with Gasteiger partial charge < -0.3 is 0 Å². The quantitative estimate of drug-likeness (QED) is 0.813. The van der Waals surface area contributed by atoms with Crippen molar-refractivity contribution in [1.29, 1.82) is 0 Å². The Morgan fingerprint density at radius 1 is 1.27 bits per heavy atom. The molecule has 90 valence electrons. The molecule has 1 rings (SSSR count). The highest BCUT2D eigenvalue weighted by Gasteiger charge is 2.31. The van der Waals surface area contributed by atoms with Crippen LogP contribution < -0.4 is 4.72 Å². The molecule has 0 aromatic heterocycles. The van der Waals surface area contributed by atoms with Gasteiger partial charge in [-0.25, -0.2) is 13.1 Å². The average molecular weight is 251 g/mol. The summed E-state index contributed by atoms with van der Waals surface area (Å²) < 4.78 is 25.6. The SMILES string of the molecule is CCS(=O)(=O)NCC1(SC)CCCCC1. The summed E-state index contributed by atoms with van der Waals surface area (Å²) in [5.74, 6) is 0.178. The Morgan fingerprint density at radius 3 is 2.33 bits per heavy atom. The van der Waals surface area contributed by atoms with Gasteiger partial charge in [0.05, 0.1) is 5.75 Å². The molecule has 1 aliphatic rings. The molecule has 1 fully saturated rings. The summed E-state index contributed by atoms with van der Waals surface area (Å²) in [6, 6.07) is 0. The van der Waals surface area contributed by atoms with Crippen molar-refractivity contribution in [2.24, 2.45) is 0 Å². The van der Waals surface area contributed by atoms with Gasteiger partial charge in [-0.15, -0.1) is 0 Å². The molecule has 1 N–H and O–H groups in total. The fourth-order valence-electron chi connectivity index (χ4n) is 1.99. The van der Waals surface area contributed by atoms with E-state index in [2.05, 4.69) is 11.0 Å². The zero-order chi connectivity index (χ0) is 11.4. The second-order valence-corrected chi connectivity index (χ2v) is 7.54. The smallest absolute Gasteiger partial charge is 0.211 e. The van der Waals surface area contributed by atoms with Crippen molar-refractivity contribution in [2.45, 2.75) is 43.8 Å². The van der Waals surface area contributed by atoms with E-state index in [0.717, 1.165) is 12.8 Å². The number of sulfonamides is 1. The minimum Gasteiger partial charge on any atom is -0.214 e. The van der Waals surface area contributed by atoms with Crippen molar-refractivity contribution in [2.75, 3.05) is 18.6 Å². The van der Waals surface area contributed by atoms with Gasteiger partial charge >= 0.3 is 0 Å². The van der Waals surface area contributed by atoms with Crippen LogP contribution >= 0.6 is 11.8 Å². The number of hydrogen-bond donors (Lipinski definition) is 1. The fourth-order valence-corrected chi connectivity index (χ4v) is 3.70. The summed E-state index contributed by atoms with van der Waals surface area (Å²) in [6.07, 6.45) is 8.12. The van der Waals surface area contributed by atoms with Crippen molar-refractivity contribution in [3.8, 4) is 0 Å². The molecule has 0 atom stereocenters. The van der Waals surface area contributed by atoms with Crippen LogP contribution in [0.5, 0.6) is 0 Å². The fraction of sp³-hybridized carbons (Fsp3) is 1.00. The molecule has 5 heteroatoms. The molecular weight excluding hydrogens is 230 g/mol. The van der Waals surface area contributed by atoms with Crippen molar-refractivity contribution < 1.29 is 8.42 Å². The van der Waals surface area contributed by atoms with Crippen molar-refractivity contribution in [3.63, 3.8) is 0 Å². The van der Waals surface area contributed by atoms with Crippen molar-refractivity contribution in [3.05, 3.63) is 0 Å². The molecule has 0 unspecified atom stereocenters. The van der Waals surface area contributed by atoms with Crippen LogP contribution in [-0.4, -0.2) is 31.7 Å². The van der Waals surface area contributed by atoms with E-state index >= 15 is 0 Å². The molecule has 1 aliphatic carbocycles.